The molecule has 1 unspecified atom stereocenters. The van der Waals surface area contributed by atoms with Gasteiger partial charge >= 0.3 is 0 Å². The Bertz CT molecular complexity index is 245. The summed E-state index contributed by atoms with van der Waals surface area (Å²) in [5, 5.41) is 3.20. The van der Waals surface area contributed by atoms with Crippen LogP contribution in [-0.4, -0.2) is 45.7 Å². The van der Waals surface area contributed by atoms with Gasteiger partial charge in [-0.25, -0.2) is 8.42 Å². The SMILES string of the molecule is CCS(=O)(=O)CCCOC1CCNC1. The smallest absolute Gasteiger partial charge is 0.150 e. The minimum absolute atomic E-state index is 0.234. The van der Waals surface area contributed by atoms with Crippen LogP contribution < -0.4 is 5.32 Å². The fourth-order valence-corrected chi connectivity index (χ4v) is 2.29. The highest BCUT2D eigenvalue weighted by Gasteiger charge is 2.14. The van der Waals surface area contributed by atoms with Crippen LogP contribution in [0.4, 0.5) is 0 Å². The maximum atomic E-state index is 11.1. The second kappa shape index (κ2) is 5.68. The molecular formula is C9H19NO3S. The van der Waals surface area contributed by atoms with Gasteiger partial charge in [0.25, 0.3) is 0 Å². The molecule has 4 nitrogen and oxygen atoms in total. The van der Waals surface area contributed by atoms with Crippen LogP contribution in [0.25, 0.3) is 0 Å². The van der Waals surface area contributed by atoms with Gasteiger partial charge in [-0.15, -0.1) is 0 Å². The molecule has 1 aliphatic rings. The highest BCUT2D eigenvalue weighted by atomic mass is 32.2. The topological polar surface area (TPSA) is 55.4 Å². The van der Waals surface area contributed by atoms with Crippen LogP contribution in [0.1, 0.15) is 19.8 Å². The molecule has 5 heteroatoms. The van der Waals surface area contributed by atoms with Crippen molar-refractivity contribution in [2.75, 3.05) is 31.2 Å². The molecule has 0 saturated carbocycles. The third kappa shape index (κ3) is 4.39. The van der Waals surface area contributed by atoms with E-state index < -0.39 is 9.84 Å². The second-order valence-electron chi connectivity index (χ2n) is 3.58. The first-order valence-electron chi connectivity index (χ1n) is 5.17. The van der Waals surface area contributed by atoms with Crippen molar-refractivity contribution in [3.05, 3.63) is 0 Å². The summed E-state index contributed by atoms with van der Waals surface area (Å²) in [4.78, 5) is 0. The predicted octanol–water partition coefficient (Wildman–Crippen LogP) is 0.190. The minimum atomic E-state index is -2.81. The van der Waals surface area contributed by atoms with E-state index in [1.165, 1.54) is 0 Å². The predicted molar refractivity (Wildman–Crippen MR) is 56.2 cm³/mol. The highest BCUT2D eigenvalue weighted by molar-refractivity contribution is 7.91. The van der Waals surface area contributed by atoms with Crippen LogP contribution in [0, 0.1) is 0 Å². The lowest BCUT2D eigenvalue weighted by Crippen LogP contribution is -2.19. The summed E-state index contributed by atoms with van der Waals surface area (Å²) in [6.45, 7) is 4.15. The van der Waals surface area contributed by atoms with E-state index in [0.717, 1.165) is 19.5 Å². The van der Waals surface area contributed by atoms with E-state index in [4.69, 9.17) is 4.74 Å². The molecule has 1 rings (SSSR count). The van der Waals surface area contributed by atoms with E-state index in [-0.39, 0.29) is 11.5 Å². The monoisotopic (exact) mass is 221 g/mol. The lowest BCUT2D eigenvalue weighted by Gasteiger charge is -2.09. The van der Waals surface area contributed by atoms with Crippen molar-refractivity contribution in [2.45, 2.75) is 25.9 Å². The number of hydrogen-bond acceptors (Lipinski definition) is 4. The van der Waals surface area contributed by atoms with Crippen molar-refractivity contribution in [3.63, 3.8) is 0 Å². The molecule has 1 saturated heterocycles. The summed E-state index contributed by atoms with van der Waals surface area (Å²) in [6.07, 6.45) is 1.95. The summed E-state index contributed by atoms with van der Waals surface area (Å²) in [6, 6.07) is 0. The van der Waals surface area contributed by atoms with E-state index in [2.05, 4.69) is 5.32 Å². The molecule has 0 amide bonds. The second-order valence-corrected chi connectivity index (χ2v) is 6.05. The maximum Gasteiger partial charge on any atom is 0.150 e. The number of hydrogen-bond donors (Lipinski definition) is 1. The standard InChI is InChI=1S/C9H19NO3S/c1-2-14(11,12)7-3-6-13-9-4-5-10-8-9/h9-10H,2-8H2,1H3. The van der Waals surface area contributed by atoms with E-state index >= 15 is 0 Å². The molecule has 0 aromatic carbocycles. The number of rotatable bonds is 6. The van der Waals surface area contributed by atoms with Gasteiger partial charge in [-0.3, -0.25) is 0 Å². The Morgan fingerprint density at radius 1 is 1.50 bits per heavy atom. The van der Waals surface area contributed by atoms with Crippen molar-refractivity contribution in [1.29, 1.82) is 0 Å². The van der Waals surface area contributed by atoms with E-state index in [1.807, 2.05) is 0 Å². The fraction of sp³-hybridized carbons (Fsp3) is 1.00. The molecule has 1 heterocycles. The Kier molecular flexibility index (Phi) is 4.84. The van der Waals surface area contributed by atoms with Crippen molar-refractivity contribution in [3.8, 4) is 0 Å². The van der Waals surface area contributed by atoms with Crippen LogP contribution in [-0.2, 0) is 14.6 Å². The van der Waals surface area contributed by atoms with Crippen molar-refractivity contribution >= 4 is 9.84 Å². The van der Waals surface area contributed by atoms with Gasteiger partial charge in [-0.1, -0.05) is 6.92 Å². The Hall–Kier alpha value is -0.130. The average molecular weight is 221 g/mol. The van der Waals surface area contributed by atoms with Gasteiger partial charge in [0.15, 0.2) is 0 Å². The Morgan fingerprint density at radius 2 is 2.29 bits per heavy atom. The summed E-state index contributed by atoms with van der Waals surface area (Å²) < 4.78 is 27.8. The third-order valence-corrected chi connectivity index (χ3v) is 4.20. The quantitative estimate of drug-likeness (QED) is 0.651. The van der Waals surface area contributed by atoms with Crippen LogP contribution in [0.2, 0.25) is 0 Å². The lowest BCUT2D eigenvalue weighted by molar-refractivity contribution is 0.0679. The number of ether oxygens (including phenoxy) is 1. The van der Waals surface area contributed by atoms with Gasteiger partial charge in [-0.05, 0) is 19.4 Å². The average Bonchev–Trinajstić information content (AvgIpc) is 2.65. The minimum Gasteiger partial charge on any atom is -0.377 e. The normalized spacial score (nSPS) is 22.8. The molecule has 1 atom stereocenters. The van der Waals surface area contributed by atoms with Gasteiger partial charge in [-0.2, -0.15) is 0 Å². The zero-order valence-corrected chi connectivity index (χ0v) is 9.48. The van der Waals surface area contributed by atoms with Crippen LogP contribution >= 0.6 is 0 Å². The van der Waals surface area contributed by atoms with Gasteiger partial charge < -0.3 is 10.1 Å². The summed E-state index contributed by atoms with van der Waals surface area (Å²) in [5.41, 5.74) is 0. The van der Waals surface area contributed by atoms with Crippen molar-refractivity contribution in [2.24, 2.45) is 0 Å². The molecule has 84 valence electrons. The molecule has 0 aromatic heterocycles. The molecular weight excluding hydrogens is 202 g/mol. The maximum absolute atomic E-state index is 11.1. The fourth-order valence-electron chi connectivity index (χ4n) is 1.44. The molecule has 0 spiro atoms. The van der Waals surface area contributed by atoms with Crippen LogP contribution in [0.5, 0.6) is 0 Å². The van der Waals surface area contributed by atoms with E-state index in [9.17, 15) is 8.42 Å². The Balaban J connectivity index is 2.04. The number of sulfone groups is 1. The molecule has 1 aliphatic heterocycles. The molecule has 0 aromatic rings. The lowest BCUT2D eigenvalue weighted by atomic mass is 10.3. The van der Waals surface area contributed by atoms with E-state index in [0.29, 0.717) is 19.1 Å². The summed E-state index contributed by atoms with van der Waals surface area (Å²) in [7, 11) is -2.81. The highest BCUT2D eigenvalue weighted by Crippen LogP contribution is 2.04. The molecule has 14 heavy (non-hydrogen) atoms. The molecule has 1 fully saturated rings. The summed E-state index contributed by atoms with van der Waals surface area (Å²) >= 11 is 0. The van der Waals surface area contributed by atoms with Crippen molar-refractivity contribution in [1.82, 2.24) is 5.32 Å². The number of nitrogens with one attached hydrogen (secondary N) is 1. The molecule has 0 aliphatic carbocycles. The Morgan fingerprint density at radius 3 is 2.86 bits per heavy atom. The van der Waals surface area contributed by atoms with Crippen molar-refractivity contribution < 1.29 is 13.2 Å². The molecule has 0 bridgehead atoms. The summed E-state index contributed by atoms with van der Waals surface area (Å²) in [5.74, 6) is 0.488. The third-order valence-electron chi connectivity index (χ3n) is 2.41. The van der Waals surface area contributed by atoms with Gasteiger partial charge in [0.2, 0.25) is 0 Å². The first-order valence-corrected chi connectivity index (χ1v) is 6.99. The van der Waals surface area contributed by atoms with Crippen LogP contribution in [0.3, 0.4) is 0 Å². The Labute approximate surface area is 85.9 Å². The van der Waals surface area contributed by atoms with Crippen LogP contribution in [0.15, 0.2) is 0 Å². The first kappa shape index (κ1) is 11.9. The molecule has 1 N–H and O–H groups in total. The first-order chi connectivity index (χ1) is 6.64. The van der Waals surface area contributed by atoms with Gasteiger partial charge in [0.1, 0.15) is 9.84 Å². The van der Waals surface area contributed by atoms with Gasteiger partial charge in [0, 0.05) is 18.9 Å². The zero-order valence-electron chi connectivity index (χ0n) is 8.66. The molecule has 0 radical (unpaired) electrons. The zero-order chi connectivity index (χ0) is 10.4. The van der Waals surface area contributed by atoms with Gasteiger partial charge in [0.05, 0.1) is 11.9 Å². The largest absolute Gasteiger partial charge is 0.377 e. The van der Waals surface area contributed by atoms with E-state index in [1.54, 1.807) is 6.92 Å².